The van der Waals surface area contributed by atoms with Crippen molar-refractivity contribution in [3.05, 3.63) is 23.8 Å². The lowest BCUT2D eigenvalue weighted by Gasteiger charge is -2.28. The molecule has 1 aromatic carbocycles. The van der Waals surface area contributed by atoms with Crippen LogP contribution in [0.15, 0.2) is 23.2 Å². The smallest absolute Gasteiger partial charge is 0.413 e. The van der Waals surface area contributed by atoms with E-state index in [1.807, 2.05) is 39.0 Å². The summed E-state index contributed by atoms with van der Waals surface area (Å²) in [7, 11) is 0. The minimum atomic E-state index is -0.538. The van der Waals surface area contributed by atoms with Crippen LogP contribution in [0.4, 0.5) is 10.5 Å². The van der Waals surface area contributed by atoms with Gasteiger partial charge in [-0.15, -0.1) is 0 Å². The monoisotopic (exact) mass is 349 g/mol. The van der Waals surface area contributed by atoms with Gasteiger partial charge in [0.1, 0.15) is 11.4 Å². The fraction of sp³-hybridized carbons (Fsp3) is 0.529. The van der Waals surface area contributed by atoms with Gasteiger partial charge < -0.3 is 15.2 Å². The predicted molar refractivity (Wildman–Crippen MR) is 96.5 cm³/mol. The van der Waals surface area contributed by atoms with Crippen LogP contribution >= 0.6 is 11.8 Å². The minimum Gasteiger partial charge on any atom is -0.493 e. The number of carbonyl (C=O) groups is 1. The number of fused-ring (bicyclic) bond motifs is 3. The van der Waals surface area contributed by atoms with E-state index in [1.165, 1.54) is 0 Å². The molecule has 1 amide bonds. The number of thioether (sulfide) groups is 1. The standard InChI is InChI=1S/C17H23N3O3S/c1-17(2,3)23-16(21)20-15-19-14-10(9-24-15)6-7-22-13-5-4-11(18)8-12(13)14/h4-5,8,10,14H,6-7,9,18H2,1-3H3,(H,19,20,21). The van der Waals surface area contributed by atoms with Gasteiger partial charge in [-0.25, -0.2) is 4.79 Å². The van der Waals surface area contributed by atoms with Gasteiger partial charge in [-0.2, -0.15) is 0 Å². The van der Waals surface area contributed by atoms with Gasteiger partial charge in [0, 0.05) is 17.0 Å². The van der Waals surface area contributed by atoms with Crippen molar-refractivity contribution in [2.75, 3.05) is 18.1 Å². The second-order valence-electron chi connectivity index (χ2n) is 7.01. The predicted octanol–water partition coefficient (Wildman–Crippen LogP) is 3.34. The van der Waals surface area contributed by atoms with Gasteiger partial charge in [-0.1, -0.05) is 11.8 Å². The molecule has 6 nitrogen and oxygen atoms in total. The number of nitrogens with two attached hydrogens (primary N) is 1. The molecule has 0 saturated heterocycles. The molecule has 2 aliphatic heterocycles. The summed E-state index contributed by atoms with van der Waals surface area (Å²) in [6.07, 6.45) is 0.444. The number of nitrogens with zero attached hydrogens (tertiary/aromatic N) is 1. The zero-order chi connectivity index (χ0) is 17.3. The van der Waals surface area contributed by atoms with Gasteiger partial charge in [-0.05, 0) is 51.3 Å². The van der Waals surface area contributed by atoms with Gasteiger partial charge in [0.05, 0.1) is 12.6 Å². The highest BCUT2D eigenvalue weighted by molar-refractivity contribution is 8.13. The molecular formula is C17H23N3O3S. The molecule has 130 valence electrons. The third-order valence-corrected chi connectivity index (χ3v) is 4.92. The molecule has 2 aliphatic rings. The van der Waals surface area contributed by atoms with E-state index in [0.717, 1.165) is 23.5 Å². The maximum absolute atomic E-state index is 12.0. The Morgan fingerprint density at radius 3 is 3.00 bits per heavy atom. The molecule has 7 heteroatoms. The van der Waals surface area contributed by atoms with Crippen LogP contribution in [0.1, 0.15) is 38.8 Å². The zero-order valence-electron chi connectivity index (χ0n) is 14.2. The van der Waals surface area contributed by atoms with Crippen LogP contribution in [-0.4, -0.2) is 29.2 Å². The molecule has 2 heterocycles. The van der Waals surface area contributed by atoms with Gasteiger partial charge in [0.25, 0.3) is 0 Å². The van der Waals surface area contributed by atoms with Crippen LogP contribution in [0, 0.1) is 5.92 Å². The average Bonchev–Trinajstić information content (AvgIpc) is 2.64. The number of aliphatic imine (C=N–C) groups is 1. The number of rotatable bonds is 0. The second kappa shape index (κ2) is 6.55. The van der Waals surface area contributed by atoms with E-state index in [2.05, 4.69) is 5.32 Å². The average molecular weight is 349 g/mol. The number of nitrogen functional groups attached to an aromatic ring is 1. The number of carbonyl (C=O) groups excluding carboxylic acids is 1. The summed E-state index contributed by atoms with van der Waals surface area (Å²) in [5.74, 6) is 2.06. The lowest BCUT2D eigenvalue weighted by Crippen LogP contribution is -2.37. The van der Waals surface area contributed by atoms with Crippen molar-refractivity contribution < 1.29 is 14.3 Å². The number of hydrogen-bond acceptors (Lipinski definition) is 6. The molecule has 0 fully saturated rings. The Kier molecular flexibility index (Phi) is 4.62. The van der Waals surface area contributed by atoms with Crippen molar-refractivity contribution in [2.45, 2.75) is 38.8 Å². The molecule has 0 aromatic heterocycles. The van der Waals surface area contributed by atoms with E-state index < -0.39 is 11.7 Å². The molecule has 3 N–H and O–H groups in total. The highest BCUT2D eigenvalue weighted by Gasteiger charge is 2.33. The first kappa shape index (κ1) is 17.0. The lowest BCUT2D eigenvalue weighted by atomic mass is 9.92. The van der Waals surface area contributed by atoms with E-state index in [4.69, 9.17) is 20.2 Å². The SMILES string of the molecule is CC(C)(C)OC(=O)NC1=NC2c3cc(N)ccc3OCCC2CS1. The fourth-order valence-electron chi connectivity index (χ4n) is 2.82. The normalized spacial score (nSPS) is 23.0. The molecule has 24 heavy (non-hydrogen) atoms. The summed E-state index contributed by atoms with van der Waals surface area (Å²) >= 11 is 1.54. The Hall–Kier alpha value is -1.89. The van der Waals surface area contributed by atoms with E-state index >= 15 is 0 Å². The first-order valence-corrected chi connectivity index (χ1v) is 9.03. The van der Waals surface area contributed by atoms with Gasteiger partial charge in [-0.3, -0.25) is 10.3 Å². The second-order valence-corrected chi connectivity index (χ2v) is 8.02. The summed E-state index contributed by atoms with van der Waals surface area (Å²) in [6, 6.07) is 5.59. The lowest BCUT2D eigenvalue weighted by molar-refractivity contribution is 0.0564. The summed E-state index contributed by atoms with van der Waals surface area (Å²) in [5.41, 5.74) is 7.08. The molecule has 1 aromatic rings. The number of anilines is 1. The molecule has 0 bridgehead atoms. The first-order valence-electron chi connectivity index (χ1n) is 8.04. The quantitative estimate of drug-likeness (QED) is 0.702. The van der Waals surface area contributed by atoms with Crippen LogP contribution in [0.25, 0.3) is 0 Å². The number of ether oxygens (including phenoxy) is 2. The van der Waals surface area contributed by atoms with Crippen LogP contribution < -0.4 is 15.8 Å². The summed E-state index contributed by atoms with van der Waals surface area (Å²) in [5, 5.41) is 3.34. The van der Waals surface area contributed by atoms with Crippen molar-refractivity contribution >= 4 is 28.7 Å². The van der Waals surface area contributed by atoms with Crippen LogP contribution in [0.5, 0.6) is 5.75 Å². The third kappa shape index (κ3) is 3.95. The van der Waals surface area contributed by atoms with Gasteiger partial charge in [0.2, 0.25) is 0 Å². The van der Waals surface area contributed by atoms with Crippen molar-refractivity contribution in [1.82, 2.24) is 5.32 Å². The largest absolute Gasteiger partial charge is 0.493 e. The molecular weight excluding hydrogens is 326 g/mol. The third-order valence-electron chi connectivity index (χ3n) is 3.84. The number of hydrogen-bond donors (Lipinski definition) is 2. The highest BCUT2D eigenvalue weighted by Crippen LogP contribution is 2.42. The molecule has 2 atom stereocenters. The maximum Gasteiger partial charge on any atom is 0.413 e. The Bertz CT molecular complexity index is 670. The fourth-order valence-corrected chi connectivity index (χ4v) is 3.88. The Balaban J connectivity index is 1.83. The molecule has 3 rings (SSSR count). The molecule has 0 aliphatic carbocycles. The van der Waals surface area contributed by atoms with E-state index in [9.17, 15) is 4.79 Å². The number of amidine groups is 1. The van der Waals surface area contributed by atoms with Crippen LogP contribution in [0.3, 0.4) is 0 Å². The molecule has 0 radical (unpaired) electrons. The molecule has 0 saturated carbocycles. The Labute approximate surface area is 146 Å². The number of amides is 1. The Morgan fingerprint density at radius 2 is 2.25 bits per heavy atom. The maximum atomic E-state index is 12.0. The number of benzene rings is 1. The minimum absolute atomic E-state index is 0.0582. The van der Waals surface area contributed by atoms with Crippen LogP contribution in [0.2, 0.25) is 0 Å². The van der Waals surface area contributed by atoms with E-state index in [-0.39, 0.29) is 6.04 Å². The van der Waals surface area contributed by atoms with Gasteiger partial charge >= 0.3 is 6.09 Å². The molecule has 0 spiro atoms. The topological polar surface area (TPSA) is 85.9 Å². The van der Waals surface area contributed by atoms with Crippen molar-refractivity contribution in [3.8, 4) is 5.75 Å². The highest BCUT2D eigenvalue weighted by atomic mass is 32.2. The zero-order valence-corrected chi connectivity index (χ0v) is 15.0. The molecule has 2 unspecified atom stereocenters. The van der Waals surface area contributed by atoms with Crippen LogP contribution in [-0.2, 0) is 4.74 Å². The summed E-state index contributed by atoms with van der Waals surface area (Å²) in [6.45, 7) is 6.17. The first-order chi connectivity index (χ1) is 11.3. The van der Waals surface area contributed by atoms with E-state index in [0.29, 0.717) is 23.4 Å². The summed E-state index contributed by atoms with van der Waals surface area (Å²) in [4.78, 5) is 16.7. The van der Waals surface area contributed by atoms with Gasteiger partial charge in [0.15, 0.2) is 5.17 Å². The van der Waals surface area contributed by atoms with Crippen molar-refractivity contribution in [1.29, 1.82) is 0 Å². The van der Waals surface area contributed by atoms with E-state index in [1.54, 1.807) is 11.8 Å². The number of nitrogens with one attached hydrogen (secondary N) is 1. The van der Waals surface area contributed by atoms with Crippen molar-refractivity contribution in [2.24, 2.45) is 10.9 Å². The van der Waals surface area contributed by atoms with Crippen molar-refractivity contribution in [3.63, 3.8) is 0 Å². The number of alkyl carbamates (subject to hydrolysis) is 1. The summed E-state index contributed by atoms with van der Waals surface area (Å²) < 4.78 is 11.1. The Morgan fingerprint density at radius 1 is 1.46 bits per heavy atom.